The van der Waals surface area contributed by atoms with E-state index in [0.29, 0.717) is 29.5 Å². The van der Waals surface area contributed by atoms with Crippen molar-refractivity contribution < 1.29 is 9.53 Å². The number of hydrogen-bond donors (Lipinski definition) is 3. The van der Waals surface area contributed by atoms with Gasteiger partial charge in [0.2, 0.25) is 11.9 Å². The summed E-state index contributed by atoms with van der Waals surface area (Å²) in [5.74, 6) is 0.863. The third-order valence-corrected chi connectivity index (χ3v) is 5.95. The van der Waals surface area contributed by atoms with Crippen LogP contribution in [0.5, 0.6) is 5.75 Å². The molecule has 1 amide bonds. The zero-order valence-corrected chi connectivity index (χ0v) is 21.3. The maximum absolute atomic E-state index is 13.0. The zero-order valence-electron chi connectivity index (χ0n) is 21.3. The fraction of sp³-hybridized carbons (Fsp3) is 0.231. The van der Waals surface area contributed by atoms with Crippen LogP contribution in [0, 0.1) is 0 Å². The molecule has 0 atom stereocenters. The summed E-state index contributed by atoms with van der Waals surface area (Å²) in [5.41, 5.74) is 3.18. The zero-order chi connectivity index (χ0) is 26.5. The minimum absolute atomic E-state index is 0.216. The Kier molecular flexibility index (Phi) is 7.54. The van der Waals surface area contributed by atoms with Crippen LogP contribution in [0.15, 0.2) is 66.1 Å². The largest absolute Gasteiger partial charge is 0.494 e. The van der Waals surface area contributed by atoms with E-state index < -0.39 is 0 Å². The summed E-state index contributed by atoms with van der Waals surface area (Å²) in [4.78, 5) is 36.1. The summed E-state index contributed by atoms with van der Waals surface area (Å²) in [6.07, 6.45) is 2.79. The molecule has 192 valence electrons. The van der Waals surface area contributed by atoms with Crippen molar-refractivity contribution in [1.29, 1.82) is 0 Å². The number of carbonyl (C=O) groups excluding carboxylic acids is 1. The van der Waals surface area contributed by atoms with Crippen LogP contribution in [0.1, 0.15) is 0 Å². The molecule has 0 aliphatic heterocycles. The molecule has 4 rings (SSSR count). The van der Waals surface area contributed by atoms with Gasteiger partial charge in [0.25, 0.3) is 0 Å². The van der Waals surface area contributed by atoms with Crippen LogP contribution in [0.2, 0.25) is 0 Å². The molecule has 2 heterocycles. The molecule has 0 fully saturated rings. The number of aryl methyl sites for hydroxylation is 1. The average molecular weight is 503 g/mol. The highest BCUT2D eigenvalue weighted by atomic mass is 16.5. The van der Waals surface area contributed by atoms with Crippen molar-refractivity contribution in [3.05, 3.63) is 71.8 Å². The van der Waals surface area contributed by atoms with Gasteiger partial charge >= 0.3 is 5.69 Å². The van der Waals surface area contributed by atoms with E-state index in [1.54, 1.807) is 37.1 Å². The van der Waals surface area contributed by atoms with Crippen molar-refractivity contribution in [2.75, 3.05) is 49.8 Å². The standard InChI is InChI=1S/C26H30N8O3/c1-6-24(35)29-17-15-18(22(37-5)16-21(17)32(3)14-13-27-2)30-25-28-12-11-23(31-25)34-20-10-8-7-9-19(20)33(4)26(34)36/h6-12,15-16,27H,1,13-14H2,2-5H3,(H,29,35)(H,28,30,31). The smallest absolute Gasteiger partial charge is 0.334 e. The quantitative estimate of drug-likeness (QED) is 0.283. The van der Waals surface area contributed by atoms with Crippen molar-refractivity contribution in [1.82, 2.24) is 24.4 Å². The molecule has 0 spiro atoms. The molecule has 11 heteroatoms. The molecular weight excluding hydrogens is 472 g/mol. The number of rotatable bonds is 10. The Bertz CT molecular complexity index is 1510. The molecule has 0 radical (unpaired) electrons. The summed E-state index contributed by atoms with van der Waals surface area (Å²) in [7, 11) is 7.09. The first-order valence-corrected chi connectivity index (χ1v) is 11.7. The number of nitrogens with one attached hydrogen (secondary N) is 3. The number of carbonyl (C=O) groups is 1. The molecule has 0 bridgehead atoms. The van der Waals surface area contributed by atoms with E-state index in [4.69, 9.17) is 4.74 Å². The number of hydrogen-bond acceptors (Lipinski definition) is 8. The van der Waals surface area contributed by atoms with Crippen molar-refractivity contribution in [3.63, 3.8) is 0 Å². The van der Waals surface area contributed by atoms with E-state index >= 15 is 0 Å². The minimum Gasteiger partial charge on any atom is -0.494 e. The lowest BCUT2D eigenvalue weighted by Gasteiger charge is -2.24. The van der Waals surface area contributed by atoms with Gasteiger partial charge in [-0.05, 0) is 31.3 Å². The molecular formula is C26H30N8O3. The minimum atomic E-state index is -0.340. The summed E-state index contributed by atoms with van der Waals surface area (Å²) in [5, 5.41) is 9.15. The normalized spacial score (nSPS) is 10.8. The fourth-order valence-electron chi connectivity index (χ4n) is 4.00. The number of fused-ring (bicyclic) bond motifs is 1. The van der Waals surface area contributed by atoms with Gasteiger partial charge in [-0.25, -0.2) is 14.3 Å². The van der Waals surface area contributed by atoms with Gasteiger partial charge in [-0.1, -0.05) is 18.7 Å². The first kappa shape index (κ1) is 25.5. The molecule has 2 aromatic carbocycles. The second-order valence-electron chi connectivity index (χ2n) is 8.32. The van der Waals surface area contributed by atoms with Crippen LogP contribution in [-0.4, -0.2) is 59.3 Å². The first-order valence-electron chi connectivity index (χ1n) is 11.7. The summed E-state index contributed by atoms with van der Waals surface area (Å²) < 4.78 is 8.75. The number of imidazole rings is 1. The first-order chi connectivity index (χ1) is 17.9. The molecule has 0 aliphatic rings. The molecule has 0 saturated heterocycles. The predicted molar refractivity (Wildman–Crippen MR) is 146 cm³/mol. The second-order valence-corrected chi connectivity index (χ2v) is 8.32. The second kappa shape index (κ2) is 11.0. The van der Waals surface area contributed by atoms with Gasteiger partial charge in [0.05, 0.1) is 35.2 Å². The highest BCUT2D eigenvalue weighted by molar-refractivity contribution is 6.02. The van der Waals surface area contributed by atoms with E-state index in [0.717, 1.165) is 23.3 Å². The maximum atomic E-state index is 13.0. The predicted octanol–water partition coefficient (Wildman–Crippen LogP) is 2.65. The molecule has 37 heavy (non-hydrogen) atoms. The maximum Gasteiger partial charge on any atom is 0.334 e. The Morgan fingerprint density at radius 1 is 1.19 bits per heavy atom. The third-order valence-electron chi connectivity index (χ3n) is 5.95. The van der Waals surface area contributed by atoms with Gasteiger partial charge in [0.1, 0.15) is 11.6 Å². The lowest BCUT2D eigenvalue weighted by Crippen LogP contribution is -2.28. The fourth-order valence-corrected chi connectivity index (χ4v) is 4.00. The van der Waals surface area contributed by atoms with E-state index in [1.165, 1.54) is 10.6 Å². The number of likely N-dealkylation sites (N-methyl/N-ethyl adjacent to an activating group) is 2. The van der Waals surface area contributed by atoms with Crippen LogP contribution in [0.3, 0.4) is 0 Å². The number of methoxy groups -OCH3 is 1. The van der Waals surface area contributed by atoms with Gasteiger partial charge < -0.3 is 25.6 Å². The number of ether oxygens (including phenoxy) is 1. The molecule has 0 aliphatic carbocycles. The monoisotopic (exact) mass is 502 g/mol. The van der Waals surface area contributed by atoms with E-state index in [1.807, 2.05) is 49.3 Å². The van der Waals surface area contributed by atoms with Gasteiger partial charge in [-0.2, -0.15) is 4.98 Å². The summed E-state index contributed by atoms with van der Waals surface area (Å²) >= 11 is 0. The Morgan fingerprint density at radius 3 is 2.65 bits per heavy atom. The molecule has 4 aromatic rings. The number of aromatic nitrogens is 4. The number of amides is 1. The Morgan fingerprint density at radius 2 is 1.95 bits per heavy atom. The lowest BCUT2D eigenvalue weighted by molar-refractivity contribution is -0.111. The molecule has 11 nitrogen and oxygen atoms in total. The van der Waals surface area contributed by atoms with Gasteiger partial charge in [-0.15, -0.1) is 0 Å². The van der Waals surface area contributed by atoms with Gasteiger partial charge in [0.15, 0.2) is 0 Å². The van der Waals surface area contributed by atoms with Crippen LogP contribution >= 0.6 is 0 Å². The van der Waals surface area contributed by atoms with E-state index in [-0.39, 0.29) is 17.5 Å². The lowest BCUT2D eigenvalue weighted by atomic mass is 10.2. The topological polar surface area (TPSA) is 118 Å². The van der Waals surface area contributed by atoms with Crippen molar-refractivity contribution in [3.8, 4) is 11.6 Å². The third kappa shape index (κ3) is 5.16. The Hall–Kier alpha value is -4.64. The number of nitrogens with zero attached hydrogens (tertiary/aromatic N) is 5. The molecule has 2 aromatic heterocycles. The molecule has 0 unspecified atom stereocenters. The van der Waals surface area contributed by atoms with Gasteiger partial charge in [-0.3, -0.25) is 9.36 Å². The Labute approximate surface area is 214 Å². The van der Waals surface area contributed by atoms with Crippen LogP contribution in [-0.2, 0) is 11.8 Å². The number of para-hydroxylation sites is 2. The van der Waals surface area contributed by atoms with Crippen molar-refractivity contribution >= 4 is 40.0 Å². The van der Waals surface area contributed by atoms with Crippen molar-refractivity contribution in [2.45, 2.75) is 0 Å². The van der Waals surface area contributed by atoms with Crippen LogP contribution < -0.4 is 31.3 Å². The number of benzene rings is 2. The summed E-state index contributed by atoms with van der Waals surface area (Å²) in [6, 6.07) is 12.8. The van der Waals surface area contributed by atoms with Crippen molar-refractivity contribution in [2.24, 2.45) is 7.05 Å². The van der Waals surface area contributed by atoms with Gasteiger partial charge in [0, 0.05) is 45.5 Å². The highest BCUT2D eigenvalue weighted by Crippen LogP contribution is 2.37. The SMILES string of the molecule is C=CC(=O)Nc1cc(Nc2nccc(-n3c(=O)n(C)c4ccccc43)n2)c(OC)cc1N(C)CCNC. The molecule has 0 saturated carbocycles. The summed E-state index contributed by atoms with van der Waals surface area (Å²) in [6.45, 7) is 5.00. The van der Waals surface area contributed by atoms with E-state index in [2.05, 4.69) is 32.5 Å². The van der Waals surface area contributed by atoms with Crippen LogP contribution in [0.25, 0.3) is 16.9 Å². The van der Waals surface area contributed by atoms with Crippen LogP contribution in [0.4, 0.5) is 23.0 Å². The van der Waals surface area contributed by atoms with E-state index in [9.17, 15) is 9.59 Å². The molecule has 3 N–H and O–H groups in total. The number of anilines is 4. The average Bonchev–Trinajstić information content (AvgIpc) is 3.17. The highest BCUT2D eigenvalue weighted by Gasteiger charge is 2.17. The Balaban J connectivity index is 1.75.